The van der Waals surface area contributed by atoms with Gasteiger partial charge in [-0.2, -0.15) is 0 Å². The summed E-state index contributed by atoms with van der Waals surface area (Å²) < 4.78 is 0. The highest BCUT2D eigenvalue weighted by atomic mass is 28.3. The van der Waals surface area contributed by atoms with Crippen molar-refractivity contribution in [2.75, 3.05) is 0 Å². The maximum absolute atomic E-state index is 4.19. The minimum atomic E-state index is -1.44. The topological polar surface area (TPSA) is 25.8 Å². The van der Waals surface area contributed by atoms with Crippen LogP contribution in [-0.4, -0.2) is 26.1 Å². The van der Waals surface area contributed by atoms with Crippen molar-refractivity contribution in [3.8, 4) is 0 Å². The van der Waals surface area contributed by atoms with Crippen molar-refractivity contribution in [2.24, 2.45) is 0 Å². The molecule has 0 unspecified atom stereocenters. The summed E-state index contributed by atoms with van der Waals surface area (Å²) in [6.45, 7) is 10.1. The molecule has 2 heterocycles. The smallest absolute Gasteiger partial charge is 0.0561 e. The fourth-order valence-electron chi connectivity index (χ4n) is 5.94. The molecule has 4 heteroatoms. The van der Waals surface area contributed by atoms with Crippen LogP contribution in [0.1, 0.15) is 44.5 Å². The summed E-state index contributed by atoms with van der Waals surface area (Å²) in [6.07, 6.45) is 16.0. The van der Waals surface area contributed by atoms with Crippen molar-refractivity contribution in [3.05, 3.63) is 166 Å². The van der Waals surface area contributed by atoms with Gasteiger partial charge in [0, 0.05) is 24.8 Å². The molecule has 5 aromatic rings. The van der Waals surface area contributed by atoms with Crippen LogP contribution in [0.5, 0.6) is 0 Å². The number of rotatable bonds is 12. The van der Waals surface area contributed by atoms with E-state index in [4.69, 9.17) is 0 Å². The highest BCUT2D eigenvalue weighted by molar-refractivity contribution is 6.76. The van der Waals surface area contributed by atoms with Gasteiger partial charge in [-0.05, 0) is 58.6 Å². The third-order valence-electron chi connectivity index (χ3n) is 8.02. The largest absolute Gasteiger partial charge is 0.264 e. The van der Waals surface area contributed by atoms with Crippen LogP contribution in [0.4, 0.5) is 0 Å². The highest BCUT2D eigenvalue weighted by Crippen LogP contribution is 2.22. The Kier molecular flexibility index (Phi) is 10.4. The number of pyridine rings is 2. The fraction of sp³-hybridized carbons (Fsp3) is 0.200. The number of nitrogens with zero attached hydrogens (tertiary/aromatic N) is 2. The molecule has 3 aromatic carbocycles. The van der Waals surface area contributed by atoms with Gasteiger partial charge in [0.05, 0.1) is 16.1 Å². The highest BCUT2D eigenvalue weighted by Gasteiger charge is 2.24. The molecule has 0 radical (unpaired) electrons. The molecule has 0 amide bonds. The van der Waals surface area contributed by atoms with Crippen LogP contribution in [0.25, 0.3) is 24.3 Å². The van der Waals surface area contributed by atoms with Gasteiger partial charge in [-0.25, -0.2) is 0 Å². The van der Waals surface area contributed by atoms with Crippen molar-refractivity contribution < 1.29 is 0 Å². The Morgan fingerprint density at radius 1 is 0.409 bits per heavy atom. The summed E-state index contributed by atoms with van der Waals surface area (Å²) in [5.41, 5.74) is 10.6. The lowest BCUT2D eigenvalue weighted by atomic mass is 10.1. The zero-order valence-corrected chi connectivity index (χ0v) is 28.6. The minimum absolute atomic E-state index is 1.12. The first kappa shape index (κ1) is 31.3. The standard InChI is InChI=1S/C40H44N2Si2/c1-43(2,29-37-17-11-33(12-18-37)9-15-35-7-5-25-41-27-35)31-39-21-23-40(24-22-39)32-44(3,4)30-38-19-13-34(14-20-38)10-16-36-8-6-26-42-28-36/h5-28H,29-32H2,1-4H3/b15-9-,16-10+. The lowest BCUT2D eigenvalue weighted by Crippen LogP contribution is -2.33. The molecule has 44 heavy (non-hydrogen) atoms. The fourth-order valence-corrected chi connectivity index (χ4v) is 11.6. The van der Waals surface area contributed by atoms with Crippen LogP contribution in [-0.2, 0) is 24.2 Å². The first-order valence-corrected chi connectivity index (χ1v) is 22.5. The Morgan fingerprint density at radius 2 is 0.705 bits per heavy atom. The van der Waals surface area contributed by atoms with Crippen LogP contribution < -0.4 is 0 Å². The lowest BCUT2D eigenvalue weighted by Gasteiger charge is -2.24. The van der Waals surface area contributed by atoms with Crippen LogP contribution in [0.15, 0.2) is 122 Å². The van der Waals surface area contributed by atoms with Crippen molar-refractivity contribution in [3.63, 3.8) is 0 Å². The predicted octanol–water partition coefficient (Wildman–Crippen LogP) is 9.96. The minimum Gasteiger partial charge on any atom is -0.264 e. The number of benzene rings is 3. The molecule has 0 saturated heterocycles. The van der Waals surface area contributed by atoms with Crippen molar-refractivity contribution in [2.45, 2.75) is 50.4 Å². The van der Waals surface area contributed by atoms with Crippen LogP contribution in [0.2, 0.25) is 26.2 Å². The molecular formula is C40H44N2Si2. The number of hydrogen-bond donors (Lipinski definition) is 0. The SMILES string of the molecule is C[Si](C)(Cc1ccc(/C=C\c2cccnc2)cc1)Cc1ccc(C[Si](C)(C)Cc2ccc(/C=C/c3cccnc3)cc2)cc1. The van der Waals surface area contributed by atoms with E-state index in [1.54, 1.807) is 12.4 Å². The zero-order valence-electron chi connectivity index (χ0n) is 26.6. The molecule has 2 nitrogen and oxygen atoms in total. The van der Waals surface area contributed by atoms with Gasteiger partial charge < -0.3 is 0 Å². The molecule has 2 aromatic heterocycles. The lowest BCUT2D eigenvalue weighted by molar-refractivity contribution is 1.18. The summed E-state index contributed by atoms with van der Waals surface area (Å²) in [4.78, 5) is 8.37. The average molecular weight is 609 g/mol. The van der Waals surface area contributed by atoms with Gasteiger partial charge in [0.1, 0.15) is 0 Å². The second kappa shape index (κ2) is 14.6. The Labute approximate surface area is 266 Å². The second-order valence-corrected chi connectivity index (χ2v) is 23.6. The number of aromatic nitrogens is 2. The van der Waals surface area contributed by atoms with E-state index in [1.165, 1.54) is 57.6 Å². The molecule has 0 saturated carbocycles. The van der Waals surface area contributed by atoms with E-state index in [2.05, 4.69) is 145 Å². The normalized spacial score (nSPS) is 12.3. The average Bonchev–Trinajstić information content (AvgIpc) is 3.02. The Bertz CT molecular complexity index is 1530. The molecule has 0 N–H and O–H groups in total. The molecule has 5 rings (SSSR count). The van der Waals surface area contributed by atoms with Crippen LogP contribution >= 0.6 is 0 Å². The first-order chi connectivity index (χ1) is 21.2. The van der Waals surface area contributed by atoms with E-state index in [1.807, 2.05) is 24.5 Å². The molecule has 0 aliphatic heterocycles. The predicted molar refractivity (Wildman–Crippen MR) is 195 cm³/mol. The van der Waals surface area contributed by atoms with E-state index < -0.39 is 16.1 Å². The summed E-state index contributed by atoms with van der Waals surface area (Å²) in [6, 6.07) is 40.6. The van der Waals surface area contributed by atoms with Crippen molar-refractivity contribution in [1.82, 2.24) is 9.97 Å². The third-order valence-corrected chi connectivity index (χ3v) is 13.5. The maximum Gasteiger partial charge on any atom is 0.0561 e. The molecule has 0 spiro atoms. The summed E-state index contributed by atoms with van der Waals surface area (Å²) in [5.74, 6) is 0. The number of hydrogen-bond acceptors (Lipinski definition) is 2. The van der Waals surface area contributed by atoms with Crippen molar-refractivity contribution >= 4 is 40.5 Å². The molecule has 0 atom stereocenters. The van der Waals surface area contributed by atoms with E-state index in [0.717, 1.165) is 11.1 Å². The summed E-state index contributed by atoms with van der Waals surface area (Å²) in [7, 11) is -2.89. The summed E-state index contributed by atoms with van der Waals surface area (Å²) in [5, 5.41) is 0. The van der Waals surface area contributed by atoms with E-state index >= 15 is 0 Å². The van der Waals surface area contributed by atoms with Gasteiger partial charge in [0.15, 0.2) is 0 Å². The monoisotopic (exact) mass is 608 g/mol. The Hall–Kier alpha value is -4.13. The second-order valence-electron chi connectivity index (χ2n) is 13.6. The molecule has 0 aliphatic carbocycles. The Morgan fingerprint density at radius 3 is 1.00 bits per heavy atom. The molecule has 0 aliphatic rings. The van der Waals surface area contributed by atoms with Gasteiger partial charge in [0.2, 0.25) is 0 Å². The third kappa shape index (κ3) is 9.97. The molecule has 222 valence electrons. The molecule has 0 fully saturated rings. The van der Waals surface area contributed by atoms with E-state index in [-0.39, 0.29) is 0 Å². The molecule has 0 bridgehead atoms. The zero-order chi connectivity index (χ0) is 30.8. The maximum atomic E-state index is 4.19. The van der Waals surface area contributed by atoms with Gasteiger partial charge >= 0.3 is 0 Å². The van der Waals surface area contributed by atoms with Gasteiger partial charge in [-0.1, -0.05) is 158 Å². The Balaban J connectivity index is 1.12. The van der Waals surface area contributed by atoms with Gasteiger partial charge in [0.25, 0.3) is 0 Å². The van der Waals surface area contributed by atoms with Crippen molar-refractivity contribution in [1.29, 1.82) is 0 Å². The van der Waals surface area contributed by atoms with Crippen LogP contribution in [0.3, 0.4) is 0 Å². The quantitative estimate of drug-likeness (QED) is 0.132. The first-order valence-electron chi connectivity index (χ1n) is 15.6. The summed E-state index contributed by atoms with van der Waals surface area (Å²) >= 11 is 0. The van der Waals surface area contributed by atoms with E-state index in [9.17, 15) is 0 Å². The van der Waals surface area contributed by atoms with Crippen LogP contribution in [0, 0.1) is 0 Å². The van der Waals surface area contributed by atoms with Gasteiger partial charge in [-0.3, -0.25) is 9.97 Å². The van der Waals surface area contributed by atoms with Gasteiger partial charge in [-0.15, -0.1) is 0 Å². The van der Waals surface area contributed by atoms with E-state index in [0.29, 0.717) is 0 Å². The molecular weight excluding hydrogens is 565 g/mol.